The summed E-state index contributed by atoms with van der Waals surface area (Å²) in [5.74, 6) is 1.10. The molecule has 0 atom stereocenters. The zero-order chi connectivity index (χ0) is 12.8. The van der Waals surface area contributed by atoms with Gasteiger partial charge in [0.1, 0.15) is 18.1 Å². The molecule has 0 spiro atoms. The van der Waals surface area contributed by atoms with Crippen molar-refractivity contribution in [1.29, 1.82) is 0 Å². The fourth-order valence-electron chi connectivity index (χ4n) is 1.64. The van der Waals surface area contributed by atoms with Gasteiger partial charge in [0.2, 0.25) is 0 Å². The molecule has 2 aromatic carbocycles. The molecule has 0 saturated heterocycles. The van der Waals surface area contributed by atoms with Crippen molar-refractivity contribution in [2.24, 2.45) is 0 Å². The highest BCUT2D eigenvalue weighted by atomic mass is 16.5. The van der Waals surface area contributed by atoms with Crippen LogP contribution < -0.4 is 4.74 Å². The Kier molecular flexibility index (Phi) is 4.20. The lowest BCUT2D eigenvalue weighted by Crippen LogP contribution is -2.03. The van der Waals surface area contributed by atoms with Crippen molar-refractivity contribution in [3.63, 3.8) is 0 Å². The molecule has 94 valence electrons. The van der Waals surface area contributed by atoms with Crippen molar-refractivity contribution < 1.29 is 14.6 Å². The van der Waals surface area contributed by atoms with Crippen LogP contribution in [0.4, 0.5) is 0 Å². The molecule has 2 aromatic rings. The first kappa shape index (κ1) is 12.5. The normalized spacial score (nSPS) is 10.3. The van der Waals surface area contributed by atoms with Crippen LogP contribution in [0.25, 0.3) is 11.1 Å². The maximum atomic E-state index is 9.24. The second-order valence-electron chi connectivity index (χ2n) is 3.91. The lowest BCUT2D eigenvalue weighted by Gasteiger charge is -2.07. The first-order chi connectivity index (χ1) is 8.79. The standard InChI is InChI=1S/C15H16O3/c1-17-10-11-18-15-8-4-13(5-9-15)12-2-6-14(16)7-3-12/h2-9,16H,10-11H2,1H3. The van der Waals surface area contributed by atoms with Crippen LogP contribution in [0.1, 0.15) is 0 Å². The topological polar surface area (TPSA) is 38.7 Å². The molecule has 2 rings (SSSR count). The lowest BCUT2D eigenvalue weighted by atomic mass is 10.1. The van der Waals surface area contributed by atoms with Gasteiger partial charge >= 0.3 is 0 Å². The maximum absolute atomic E-state index is 9.24. The zero-order valence-corrected chi connectivity index (χ0v) is 10.3. The SMILES string of the molecule is COCCOc1ccc(-c2ccc(O)cc2)cc1. The summed E-state index contributed by atoms with van der Waals surface area (Å²) in [5.41, 5.74) is 2.16. The number of hydrogen-bond acceptors (Lipinski definition) is 3. The summed E-state index contributed by atoms with van der Waals surface area (Å²) in [6.45, 7) is 1.13. The third-order valence-corrected chi connectivity index (χ3v) is 2.61. The molecule has 0 fully saturated rings. The van der Waals surface area contributed by atoms with Crippen LogP contribution in [0.15, 0.2) is 48.5 Å². The Bertz CT molecular complexity index is 474. The van der Waals surface area contributed by atoms with Gasteiger partial charge in [0.15, 0.2) is 0 Å². The van der Waals surface area contributed by atoms with Crippen LogP contribution in [-0.4, -0.2) is 25.4 Å². The van der Waals surface area contributed by atoms with E-state index in [1.807, 2.05) is 36.4 Å². The van der Waals surface area contributed by atoms with Crippen LogP contribution in [0, 0.1) is 0 Å². The molecule has 3 heteroatoms. The molecule has 0 aromatic heterocycles. The highest BCUT2D eigenvalue weighted by molar-refractivity contribution is 5.64. The van der Waals surface area contributed by atoms with Gasteiger partial charge in [-0.2, -0.15) is 0 Å². The Labute approximate surface area is 107 Å². The first-order valence-corrected chi connectivity index (χ1v) is 5.81. The molecule has 0 heterocycles. The number of aromatic hydroxyl groups is 1. The number of hydrogen-bond donors (Lipinski definition) is 1. The molecule has 0 amide bonds. The number of phenolic OH excluding ortho intramolecular Hbond substituents is 1. The van der Waals surface area contributed by atoms with Crippen molar-refractivity contribution in [1.82, 2.24) is 0 Å². The molecule has 0 aliphatic rings. The zero-order valence-electron chi connectivity index (χ0n) is 10.3. The van der Waals surface area contributed by atoms with Crippen LogP contribution in [0.3, 0.4) is 0 Å². The molecule has 18 heavy (non-hydrogen) atoms. The van der Waals surface area contributed by atoms with Crippen LogP contribution in [0.2, 0.25) is 0 Å². The van der Waals surface area contributed by atoms with Crippen molar-refractivity contribution in [2.45, 2.75) is 0 Å². The largest absolute Gasteiger partial charge is 0.508 e. The molecular weight excluding hydrogens is 228 g/mol. The van der Waals surface area contributed by atoms with E-state index in [9.17, 15) is 5.11 Å². The van der Waals surface area contributed by atoms with E-state index in [0.717, 1.165) is 16.9 Å². The Morgan fingerprint density at radius 1 is 0.833 bits per heavy atom. The fourth-order valence-corrected chi connectivity index (χ4v) is 1.64. The summed E-state index contributed by atoms with van der Waals surface area (Å²) >= 11 is 0. The molecule has 0 aliphatic heterocycles. The van der Waals surface area contributed by atoms with Crippen molar-refractivity contribution in [2.75, 3.05) is 20.3 Å². The maximum Gasteiger partial charge on any atom is 0.119 e. The number of rotatable bonds is 5. The van der Waals surface area contributed by atoms with E-state index in [-0.39, 0.29) is 5.75 Å². The molecule has 0 unspecified atom stereocenters. The van der Waals surface area contributed by atoms with E-state index in [1.165, 1.54) is 0 Å². The smallest absolute Gasteiger partial charge is 0.119 e. The summed E-state index contributed by atoms with van der Waals surface area (Å²) in [6.07, 6.45) is 0. The number of ether oxygens (including phenoxy) is 2. The predicted octanol–water partition coefficient (Wildman–Crippen LogP) is 3.08. The number of methoxy groups -OCH3 is 1. The van der Waals surface area contributed by atoms with Crippen molar-refractivity contribution in [3.05, 3.63) is 48.5 Å². The predicted molar refractivity (Wildman–Crippen MR) is 70.9 cm³/mol. The average Bonchev–Trinajstić information content (AvgIpc) is 2.41. The van der Waals surface area contributed by atoms with Crippen LogP contribution >= 0.6 is 0 Å². The van der Waals surface area contributed by atoms with Gasteiger partial charge in [0.05, 0.1) is 6.61 Å². The summed E-state index contributed by atoms with van der Waals surface area (Å²) in [5, 5.41) is 9.24. The van der Waals surface area contributed by atoms with Gasteiger partial charge in [-0.05, 0) is 35.4 Å². The molecule has 0 saturated carbocycles. The van der Waals surface area contributed by atoms with Gasteiger partial charge in [-0.25, -0.2) is 0 Å². The average molecular weight is 244 g/mol. The van der Waals surface area contributed by atoms with E-state index in [0.29, 0.717) is 13.2 Å². The molecule has 1 N–H and O–H groups in total. The summed E-state index contributed by atoms with van der Waals surface area (Å²) in [6, 6.07) is 15.0. The van der Waals surface area contributed by atoms with E-state index < -0.39 is 0 Å². The molecule has 0 bridgehead atoms. The second kappa shape index (κ2) is 6.07. The number of phenols is 1. The first-order valence-electron chi connectivity index (χ1n) is 5.81. The third kappa shape index (κ3) is 3.25. The van der Waals surface area contributed by atoms with E-state index >= 15 is 0 Å². The fraction of sp³-hybridized carbons (Fsp3) is 0.200. The molecular formula is C15H16O3. The Morgan fingerprint density at radius 3 is 1.94 bits per heavy atom. The van der Waals surface area contributed by atoms with Gasteiger partial charge in [-0.1, -0.05) is 24.3 Å². The van der Waals surface area contributed by atoms with Gasteiger partial charge in [-0.15, -0.1) is 0 Å². The van der Waals surface area contributed by atoms with E-state index in [2.05, 4.69) is 0 Å². The molecule has 0 aliphatic carbocycles. The van der Waals surface area contributed by atoms with Crippen molar-refractivity contribution in [3.8, 4) is 22.6 Å². The van der Waals surface area contributed by atoms with Crippen LogP contribution in [-0.2, 0) is 4.74 Å². The Morgan fingerprint density at radius 2 is 1.39 bits per heavy atom. The molecule has 0 radical (unpaired) electrons. The van der Waals surface area contributed by atoms with E-state index in [1.54, 1.807) is 19.2 Å². The Hall–Kier alpha value is -2.00. The minimum Gasteiger partial charge on any atom is -0.508 e. The van der Waals surface area contributed by atoms with Crippen molar-refractivity contribution >= 4 is 0 Å². The van der Waals surface area contributed by atoms with E-state index in [4.69, 9.17) is 9.47 Å². The van der Waals surface area contributed by atoms with Gasteiger partial charge < -0.3 is 14.6 Å². The molecule has 3 nitrogen and oxygen atoms in total. The minimum absolute atomic E-state index is 0.276. The summed E-state index contributed by atoms with van der Waals surface area (Å²) in [7, 11) is 1.65. The minimum atomic E-state index is 0.276. The van der Waals surface area contributed by atoms with Gasteiger partial charge in [0, 0.05) is 7.11 Å². The quantitative estimate of drug-likeness (QED) is 0.821. The third-order valence-electron chi connectivity index (χ3n) is 2.61. The summed E-state index contributed by atoms with van der Waals surface area (Å²) < 4.78 is 10.4. The number of benzene rings is 2. The van der Waals surface area contributed by atoms with Gasteiger partial charge in [0.25, 0.3) is 0 Å². The monoisotopic (exact) mass is 244 g/mol. The second-order valence-corrected chi connectivity index (χ2v) is 3.91. The highest BCUT2D eigenvalue weighted by Gasteiger charge is 1.99. The lowest BCUT2D eigenvalue weighted by molar-refractivity contribution is 0.146. The Balaban J connectivity index is 2.05. The summed E-state index contributed by atoms with van der Waals surface area (Å²) in [4.78, 5) is 0. The highest BCUT2D eigenvalue weighted by Crippen LogP contribution is 2.24. The van der Waals surface area contributed by atoms with Crippen LogP contribution in [0.5, 0.6) is 11.5 Å². The van der Waals surface area contributed by atoms with Gasteiger partial charge in [-0.3, -0.25) is 0 Å².